The SMILES string of the molecule is CCCCCCCCNc1ncccc1C(=N)CCC. The van der Waals surface area contributed by atoms with Gasteiger partial charge in [-0.2, -0.15) is 0 Å². The van der Waals surface area contributed by atoms with Crippen LogP contribution in [-0.2, 0) is 0 Å². The van der Waals surface area contributed by atoms with Gasteiger partial charge in [0.15, 0.2) is 0 Å². The van der Waals surface area contributed by atoms with Gasteiger partial charge in [0.1, 0.15) is 5.82 Å². The van der Waals surface area contributed by atoms with Crippen molar-refractivity contribution in [1.82, 2.24) is 4.98 Å². The number of hydrogen-bond acceptors (Lipinski definition) is 3. The van der Waals surface area contributed by atoms with Crippen molar-refractivity contribution in [3.8, 4) is 0 Å². The third kappa shape index (κ3) is 6.18. The summed E-state index contributed by atoms with van der Waals surface area (Å²) in [6.07, 6.45) is 11.4. The van der Waals surface area contributed by atoms with Gasteiger partial charge < -0.3 is 10.7 Å². The molecule has 3 heteroatoms. The summed E-state index contributed by atoms with van der Waals surface area (Å²) in [6.45, 7) is 5.30. The molecule has 0 atom stereocenters. The Morgan fingerprint density at radius 2 is 1.85 bits per heavy atom. The molecule has 0 aliphatic carbocycles. The second-order valence-electron chi connectivity index (χ2n) is 5.32. The molecule has 2 N–H and O–H groups in total. The maximum absolute atomic E-state index is 8.08. The van der Waals surface area contributed by atoms with Crippen LogP contribution in [0, 0.1) is 5.41 Å². The largest absolute Gasteiger partial charge is 0.370 e. The van der Waals surface area contributed by atoms with Crippen LogP contribution in [0.25, 0.3) is 0 Å². The quantitative estimate of drug-likeness (QED) is 0.440. The third-order valence-electron chi connectivity index (χ3n) is 3.46. The van der Waals surface area contributed by atoms with Gasteiger partial charge in [-0.25, -0.2) is 4.98 Å². The van der Waals surface area contributed by atoms with E-state index in [9.17, 15) is 0 Å². The van der Waals surface area contributed by atoms with Gasteiger partial charge >= 0.3 is 0 Å². The minimum absolute atomic E-state index is 0.686. The highest BCUT2D eigenvalue weighted by Gasteiger charge is 2.07. The smallest absolute Gasteiger partial charge is 0.135 e. The minimum atomic E-state index is 0.686. The first kappa shape index (κ1) is 16.7. The van der Waals surface area contributed by atoms with Gasteiger partial charge in [-0.3, -0.25) is 0 Å². The summed E-state index contributed by atoms with van der Waals surface area (Å²) < 4.78 is 0. The highest BCUT2D eigenvalue weighted by Crippen LogP contribution is 2.15. The van der Waals surface area contributed by atoms with E-state index in [-0.39, 0.29) is 0 Å². The summed E-state index contributed by atoms with van der Waals surface area (Å²) in [7, 11) is 0. The molecule has 0 aromatic carbocycles. The van der Waals surface area contributed by atoms with Crippen molar-refractivity contribution >= 4 is 11.5 Å². The number of anilines is 1. The number of rotatable bonds is 11. The maximum atomic E-state index is 8.08. The topological polar surface area (TPSA) is 48.8 Å². The Morgan fingerprint density at radius 3 is 2.60 bits per heavy atom. The average molecular weight is 275 g/mol. The average Bonchev–Trinajstić information content (AvgIpc) is 2.47. The van der Waals surface area contributed by atoms with E-state index < -0.39 is 0 Å². The molecule has 20 heavy (non-hydrogen) atoms. The lowest BCUT2D eigenvalue weighted by Gasteiger charge is -2.11. The molecule has 0 unspecified atom stereocenters. The molecule has 0 radical (unpaired) electrons. The predicted octanol–water partition coefficient (Wildman–Crippen LogP) is 5.02. The van der Waals surface area contributed by atoms with Crippen LogP contribution in [0.3, 0.4) is 0 Å². The predicted molar refractivity (Wildman–Crippen MR) is 87.8 cm³/mol. The number of hydrogen-bond donors (Lipinski definition) is 2. The molecule has 1 aromatic rings. The Balaban J connectivity index is 2.34. The molecular formula is C17H29N3. The fourth-order valence-corrected chi connectivity index (χ4v) is 2.29. The van der Waals surface area contributed by atoms with E-state index in [1.165, 1.54) is 38.5 Å². The van der Waals surface area contributed by atoms with E-state index in [1.54, 1.807) is 6.20 Å². The zero-order valence-corrected chi connectivity index (χ0v) is 13.0. The lowest BCUT2D eigenvalue weighted by atomic mass is 10.1. The molecule has 3 nitrogen and oxygen atoms in total. The standard InChI is InChI=1S/C17H29N3/c1-3-5-6-7-8-9-13-19-17-15(12-10-14-20-17)16(18)11-4-2/h10,12,14,18H,3-9,11,13H2,1-2H3,(H,19,20). The van der Waals surface area contributed by atoms with E-state index in [0.717, 1.165) is 30.8 Å². The molecule has 1 heterocycles. The van der Waals surface area contributed by atoms with E-state index in [1.807, 2.05) is 12.1 Å². The highest BCUT2D eigenvalue weighted by atomic mass is 15.0. The molecule has 0 aliphatic rings. The van der Waals surface area contributed by atoms with Gasteiger partial charge in [0, 0.05) is 24.0 Å². The monoisotopic (exact) mass is 275 g/mol. The molecular weight excluding hydrogens is 246 g/mol. The molecule has 0 bridgehead atoms. The van der Waals surface area contributed by atoms with Gasteiger partial charge in [0.05, 0.1) is 0 Å². The van der Waals surface area contributed by atoms with Gasteiger partial charge in [0.25, 0.3) is 0 Å². The summed E-state index contributed by atoms with van der Waals surface area (Å²) in [6, 6.07) is 3.91. The fraction of sp³-hybridized carbons (Fsp3) is 0.647. The first-order chi connectivity index (χ1) is 9.79. The molecule has 0 aliphatic heterocycles. The summed E-state index contributed by atoms with van der Waals surface area (Å²) in [5.74, 6) is 0.875. The summed E-state index contributed by atoms with van der Waals surface area (Å²) >= 11 is 0. The van der Waals surface area contributed by atoms with Crippen LogP contribution in [0.1, 0.15) is 70.8 Å². The summed E-state index contributed by atoms with van der Waals surface area (Å²) in [5, 5.41) is 11.5. The Kier molecular flexibility index (Phi) is 8.68. The van der Waals surface area contributed by atoms with Crippen LogP contribution in [0.5, 0.6) is 0 Å². The second kappa shape index (κ2) is 10.4. The molecule has 0 fully saturated rings. The Morgan fingerprint density at radius 1 is 1.10 bits per heavy atom. The van der Waals surface area contributed by atoms with Crippen molar-refractivity contribution in [1.29, 1.82) is 5.41 Å². The Labute approximate surface area is 123 Å². The Bertz CT molecular complexity index is 388. The minimum Gasteiger partial charge on any atom is -0.370 e. The number of nitrogens with one attached hydrogen (secondary N) is 2. The number of aromatic nitrogens is 1. The summed E-state index contributed by atoms with van der Waals surface area (Å²) in [4.78, 5) is 4.38. The van der Waals surface area contributed by atoms with Crippen molar-refractivity contribution in [2.45, 2.75) is 65.2 Å². The van der Waals surface area contributed by atoms with Crippen molar-refractivity contribution in [2.75, 3.05) is 11.9 Å². The van der Waals surface area contributed by atoms with E-state index in [4.69, 9.17) is 5.41 Å². The summed E-state index contributed by atoms with van der Waals surface area (Å²) in [5.41, 5.74) is 1.64. The Hall–Kier alpha value is -1.38. The van der Waals surface area contributed by atoms with Gasteiger partial charge in [-0.05, 0) is 25.0 Å². The van der Waals surface area contributed by atoms with Crippen molar-refractivity contribution < 1.29 is 0 Å². The van der Waals surface area contributed by atoms with Gasteiger partial charge in [-0.1, -0.05) is 52.4 Å². The van der Waals surface area contributed by atoms with Crippen LogP contribution in [-0.4, -0.2) is 17.2 Å². The molecule has 0 saturated carbocycles. The molecule has 112 valence electrons. The fourth-order valence-electron chi connectivity index (χ4n) is 2.29. The zero-order chi connectivity index (χ0) is 14.6. The van der Waals surface area contributed by atoms with Crippen LogP contribution < -0.4 is 5.32 Å². The molecule has 0 spiro atoms. The third-order valence-corrected chi connectivity index (χ3v) is 3.46. The molecule has 1 aromatic heterocycles. The van der Waals surface area contributed by atoms with E-state index >= 15 is 0 Å². The molecule has 1 rings (SSSR count). The van der Waals surface area contributed by atoms with Crippen LogP contribution in [0.2, 0.25) is 0 Å². The number of pyridine rings is 1. The maximum Gasteiger partial charge on any atom is 0.135 e. The van der Waals surface area contributed by atoms with E-state index in [2.05, 4.69) is 24.1 Å². The van der Waals surface area contributed by atoms with Crippen molar-refractivity contribution in [3.05, 3.63) is 23.9 Å². The van der Waals surface area contributed by atoms with Crippen LogP contribution >= 0.6 is 0 Å². The highest BCUT2D eigenvalue weighted by molar-refractivity contribution is 6.02. The van der Waals surface area contributed by atoms with Crippen LogP contribution in [0.15, 0.2) is 18.3 Å². The lowest BCUT2D eigenvalue weighted by Crippen LogP contribution is -2.09. The van der Waals surface area contributed by atoms with Crippen molar-refractivity contribution in [2.24, 2.45) is 0 Å². The van der Waals surface area contributed by atoms with Crippen LogP contribution in [0.4, 0.5) is 5.82 Å². The molecule has 0 saturated heterocycles. The zero-order valence-electron chi connectivity index (χ0n) is 13.0. The first-order valence-corrected chi connectivity index (χ1v) is 8.06. The van der Waals surface area contributed by atoms with E-state index in [0.29, 0.717) is 5.71 Å². The van der Waals surface area contributed by atoms with Crippen molar-refractivity contribution in [3.63, 3.8) is 0 Å². The van der Waals surface area contributed by atoms with Gasteiger partial charge in [0.2, 0.25) is 0 Å². The molecule has 0 amide bonds. The number of nitrogens with zero attached hydrogens (tertiary/aromatic N) is 1. The second-order valence-corrected chi connectivity index (χ2v) is 5.32. The lowest BCUT2D eigenvalue weighted by molar-refractivity contribution is 0.617. The first-order valence-electron chi connectivity index (χ1n) is 8.06. The normalized spacial score (nSPS) is 10.5. The van der Waals surface area contributed by atoms with Gasteiger partial charge in [-0.15, -0.1) is 0 Å². The number of unbranched alkanes of at least 4 members (excludes halogenated alkanes) is 5.